The van der Waals surface area contributed by atoms with Crippen molar-refractivity contribution in [3.8, 4) is 82.9 Å². The minimum Gasteiger partial charge on any atom is -0.756 e. The number of carbonyl (C=O) groups is 2. The minimum absolute atomic E-state index is 0.0857. The van der Waals surface area contributed by atoms with E-state index in [1.807, 2.05) is 14.1 Å². The summed E-state index contributed by atoms with van der Waals surface area (Å²) in [7, 11) is -0.787. The Bertz CT molecular complexity index is 2870. The summed E-state index contributed by atoms with van der Waals surface area (Å²) in [6.45, 7) is 8.43. The zero-order valence-electron chi connectivity index (χ0n) is 64.0. The standard InChI is InChI=1S/C46H60N4O4S.C38H72NO9P/c1-5-41(51)24-13-9-17-32-49(33-18-10-14-25-42(52)6-2)39-30-28-37(29-31-39)45-47-48-46(55-45)38-22-21-23-40(36-38)50(34-19-11-15-26-43(53)7-3)35-20-12-16-27-44(54)8-4;1-6-9-11-13-15-17-19-21-23-27-37(41)45-32-35(33-46-38(42)28-24-22-20-18-16-14-12-10-7-2)34-48-49(43,44)47-31-30-39(4,5)29-25-26-36(40)8-3/h1-4,21-23,28-31,36,41-44,51-54H,9-20,24-27,32-35H2;3,35-36,40H,6-7,9-34H2,1-2,4-5H3. The van der Waals surface area contributed by atoms with Gasteiger partial charge in [0.2, 0.25) is 0 Å². The van der Waals surface area contributed by atoms with Crippen molar-refractivity contribution >= 4 is 42.5 Å². The van der Waals surface area contributed by atoms with Crippen LogP contribution in [0.5, 0.6) is 0 Å². The highest BCUT2D eigenvalue weighted by atomic mass is 32.1. The molecule has 2 aromatic carbocycles. The zero-order valence-corrected chi connectivity index (χ0v) is 65.7. The molecule has 6 atom stereocenters. The Morgan fingerprint density at radius 2 is 0.837 bits per heavy atom. The fourth-order valence-corrected chi connectivity index (χ4v) is 13.5. The molecule has 5 N–H and O–H groups in total. The van der Waals surface area contributed by atoms with Gasteiger partial charge in [0.05, 0.1) is 46.4 Å². The van der Waals surface area contributed by atoms with Gasteiger partial charge in [0.1, 0.15) is 53.7 Å². The van der Waals surface area contributed by atoms with E-state index in [-0.39, 0.29) is 38.4 Å². The summed E-state index contributed by atoms with van der Waals surface area (Å²) in [4.78, 5) is 42.2. The van der Waals surface area contributed by atoms with Crippen LogP contribution in [0.25, 0.3) is 21.1 Å². The van der Waals surface area contributed by atoms with E-state index in [4.69, 9.17) is 50.6 Å². The number of aliphatic hydroxyl groups is 5. The number of rotatable bonds is 63. The summed E-state index contributed by atoms with van der Waals surface area (Å²) in [6, 6.07) is 17.0. The third-order valence-corrected chi connectivity index (χ3v) is 20.5. The minimum atomic E-state index is -4.66. The van der Waals surface area contributed by atoms with Crippen LogP contribution < -0.4 is 14.7 Å². The highest BCUT2D eigenvalue weighted by Gasteiger charge is 2.23. The molecule has 0 amide bonds. The van der Waals surface area contributed by atoms with E-state index in [0.717, 1.165) is 174 Å². The number of ether oxygens (including phenoxy) is 2. The molecule has 0 bridgehead atoms. The molecule has 0 saturated heterocycles. The fourth-order valence-electron chi connectivity index (χ4n) is 11.9. The normalized spacial score (nSPS) is 13.3. The van der Waals surface area contributed by atoms with Crippen LogP contribution in [0.2, 0.25) is 0 Å². The number of esters is 2. The predicted molar refractivity (Wildman–Crippen MR) is 423 cm³/mol. The molecule has 0 aliphatic carbocycles. The summed E-state index contributed by atoms with van der Waals surface area (Å²) >= 11 is 1.58. The van der Waals surface area contributed by atoms with Gasteiger partial charge in [-0.1, -0.05) is 195 Å². The number of benzene rings is 2. The SMILES string of the molecule is C#CC(O)CCCCCN(CCCCCC(O)C#C)c1ccc(-c2nnc(-c3cccc(N(CCCCCC(O)C#C)CCCCCC(O)C#C)c3)s2)cc1.C#CC(O)CCC[N+](C)(C)CCOP(=O)([O-])OCC(COC(=O)CCCCCCCCCCC)COC(=O)CCCCCCCCCCC. The molecule has 0 fully saturated rings. The average molecular weight is 1480 g/mol. The molecule has 582 valence electrons. The molecule has 1 heterocycles. The number of likely N-dealkylation sites (N-methyl/N-ethyl adjacent to an activating group) is 1. The number of anilines is 2. The number of aliphatic hydroxyl groups excluding tert-OH is 5. The van der Waals surface area contributed by atoms with Gasteiger partial charge in [0.25, 0.3) is 7.82 Å². The Morgan fingerprint density at radius 3 is 1.24 bits per heavy atom. The van der Waals surface area contributed by atoms with Crippen LogP contribution in [-0.2, 0) is 32.7 Å². The lowest BCUT2D eigenvalue weighted by Crippen LogP contribution is -2.43. The molecule has 104 heavy (non-hydrogen) atoms. The van der Waals surface area contributed by atoms with E-state index in [1.54, 1.807) is 11.3 Å². The molecule has 3 aromatic rings. The molecular formula is C84H132N5O13PS. The van der Waals surface area contributed by atoms with E-state index in [9.17, 15) is 44.6 Å². The zero-order chi connectivity index (χ0) is 76.3. The monoisotopic (exact) mass is 1480 g/mol. The molecule has 1 aromatic heterocycles. The van der Waals surface area contributed by atoms with Gasteiger partial charge in [-0.3, -0.25) is 14.2 Å². The second-order valence-electron chi connectivity index (χ2n) is 28.3. The first-order valence-electron chi connectivity index (χ1n) is 39.2. The molecule has 0 aliphatic rings. The predicted octanol–water partition coefficient (Wildman–Crippen LogP) is 15.6. The van der Waals surface area contributed by atoms with Gasteiger partial charge < -0.3 is 63.2 Å². The van der Waals surface area contributed by atoms with Crippen LogP contribution in [0.3, 0.4) is 0 Å². The van der Waals surface area contributed by atoms with Crippen molar-refractivity contribution in [2.75, 3.05) is 89.6 Å². The quantitative estimate of drug-likeness (QED) is 0.0116. The van der Waals surface area contributed by atoms with E-state index in [2.05, 4.69) is 112 Å². The highest BCUT2D eigenvalue weighted by molar-refractivity contribution is 7.45. The fraction of sp³-hybridized carbons (Fsp3) is 0.690. The Kier molecular flexibility index (Phi) is 54.6. The van der Waals surface area contributed by atoms with Crippen LogP contribution >= 0.6 is 19.2 Å². The third kappa shape index (κ3) is 48.4. The van der Waals surface area contributed by atoms with E-state index >= 15 is 0 Å². The van der Waals surface area contributed by atoms with Gasteiger partial charge >= 0.3 is 11.9 Å². The van der Waals surface area contributed by atoms with Gasteiger partial charge in [-0.2, -0.15) is 0 Å². The number of nitrogens with zero attached hydrogens (tertiary/aromatic N) is 5. The second-order valence-corrected chi connectivity index (χ2v) is 30.7. The number of phosphoric ester groups is 1. The lowest BCUT2D eigenvalue weighted by Gasteiger charge is -2.31. The van der Waals surface area contributed by atoms with E-state index in [0.29, 0.717) is 68.9 Å². The summed E-state index contributed by atoms with van der Waals surface area (Å²) in [5.41, 5.74) is 4.31. The molecule has 0 saturated carbocycles. The molecule has 18 nitrogen and oxygen atoms in total. The van der Waals surface area contributed by atoms with Crippen LogP contribution in [0, 0.1) is 67.6 Å². The lowest BCUT2D eigenvalue weighted by molar-refractivity contribution is -0.890. The van der Waals surface area contributed by atoms with Crippen molar-refractivity contribution in [2.24, 2.45) is 5.92 Å². The van der Waals surface area contributed by atoms with Crippen molar-refractivity contribution in [1.82, 2.24) is 10.2 Å². The third-order valence-electron chi connectivity index (χ3n) is 18.5. The van der Waals surface area contributed by atoms with Crippen LogP contribution in [0.1, 0.15) is 258 Å². The topological polar surface area (TPSA) is 245 Å². The van der Waals surface area contributed by atoms with Gasteiger partial charge in [-0.15, -0.1) is 42.3 Å². The van der Waals surface area contributed by atoms with Gasteiger partial charge in [0, 0.05) is 61.5 Å². The number of hydrogen-bond donors (Lipinski definition) is 5. The van der Waals surface area contributed by atoms with Gasteiger partial charge in [-0.25, -0.2) is 0 Å². The van der Waals surface area contributed by atoms with Gasteiger partial charge in [0.15, 0.2) is 0 Å². The molecule has 0 aliphatic heterocycles. The number of carbonyl (C=O) groups excluding carboxylic acids is 2. The summed E-state index contributed by atoms with van der Waals surface area (Å²) < 4.78 is 34.2. The summed E-state index contributed by atoms with van der Waals surface area (Å²) in [5.74, 6) is 10.5. The maximum absolute atomic E-state index is 12.5. The number of hydrogen-bond acceptors (Lipinski definition) is 18. The van der Waals surface area contributed by atoms with Crippen LogP contribution in [0.15, 0.2) is 48.5 Å². The first-order valence-corrected chi connectivity index (χ1v) is 41.5. The number of unbranched alkanes of at least 4 members (excludes halogenated alkanes) is 24. The molecule has 0 radical (unpaired) electrons. The maximum atomic E-state index is 12.5. The Balaban J connectivity index is 0.000000713. The lowest BCUT2D eigenvalue weighted by atomic mass is 10.1. The van der Waals surface area contributed by atoms with Crippen LogP contribution in [-0.4, -0.2) is 162 Å². The number of phosphoric acid groups is 1. The molecule has 20 heteroatoms. The average Bonchev–Trinajstić information content (AvgIpc) is 1.66. The van der Waals surface area contributed by atoms with E-state index in [1.165, 1.54) is 77.0 Å². The first-order chi connectivity index (χ1) is 50.2. The number of terminal acetylenes is 5. The first kappa shape index (κ1) is 94.3. The largest absolute Gasteiger partial charge is 0.756 e. The molecule has 0 spiro atoms. The van der Waals surface area contributed by atoms with Crippen molar-refractivity contribution in [1.29, 1.82) is 0 Å². The van der Waals surface area contributed by atoms with Crippen molar-refractivity contribution < 1.29 is 67.6 Å². The van der Waals surface area contributed by atoms with Crippen molar-refractivity contribution in [3.05, 3.63) is 48.5 Å². The highest BCUT2D eigenvalue weighted by Crippen LogP contribution is 2.39. The van der Waals surface area contributed by atoms with Gasteiger partial charge in [-0.05, 0) is 139 Å². The number of quaternary nitrogens is 1. The summed E-state index contributed by atoms with van der Waals surface area (Å²) in [6.07, 6.45) is 59.2. The smallest absolute Gasteiger partial charge is 0.305 e. The molecular weight excluding hydrogens is 1350 g/mol. The van der Waals surface area contributed by atoms with Crippen molar-refractivity contribution in [3.63, 3.8) is 0 Å². The Labute approximate surface area is 632 Å². The Morgan fingerprint density at radius 1 is 0.471 bits per heavy atom. The summed E-state index contributed by atoms with van der Waals surface area (Å²) in [5, 5.41) is 59.3. The molecule has 3 rings (SSSR count). The van der Waals surface area contributed by atoms with Crippen LogP contribution in [0.4, 0.5) is 11.4 Å². The van der Waals surface area contributed by atoms with Crippen molar-refractivity contribution in [2.45, 2.75) is 288 Å². The molecule has 6 unspecified atom stereocenters. The second kappa shape index (κ2) is 60.2. The number of aromatic nitrogens is 2. The maximum Gasteiger partial charge on any atom is 0.305 e. The Hall–Kier alpha value is -5.79. The van der Waals surface area contributed by atoms with E-state index < -0.39 is 44.3 Å².